The molecule has 53 heavy (non-hydrogen) atoms. The van der Waals surface area contributed by atoms with Crippen LogP contribution in [0.5, 0.6) is 0 Å². The summed E-state index contributed by atoms with van der Waals surface area (Å²) in [4.78, 5) is 0. The van der Waals surface area contributed by atoms with Gasteiger partial charge in [-0.2, -0.15) is 0 Å². The molecule has 1 aliphatic rings. The van der Waals surface area contributed by atoms with Crippen LogP contribution in [0, 0.1) is 0 Å². The van der Waals surface area contributed by atoms with Crippen molar-refractivity contribution in [3.63, 3.8) is 0 Å². The Balaban J connectivity index is 1.27. The maximum absolute atomic E-state index is 6.53. The molecule has 0 saturated carbocycles. The number of hydrogen-bond acceptors (Lipinski definition) is 1. The van der Waals surface area contributed by atoms with Crippen molar-refractivity contribution >= 4 is 87.1 Å². The molecule has 0 saturated heterocycles. The topological polar surface area (TPSA) is 23.0 Å². The van der Waals surface area contributed by atoms with E-state index in [1.807, 2.05) is 0 Å². The van der Waals surface area contributed by atoms with Gasteiger partial charge < -0.3 is 13.6 Å². The fourth-order valence-electron chi connectivity index (χ4n) is 9.66. The summed E-state index contributed by atoms with van der Waals surface area (Å²) in [7, 11) is 0. The second-order valence-electron chi connectivity index (χ2n) is 14.4. The second-order valence-corrected chi connectivity index (χ2v) is 14.4. The van der Waals surface area contributed by atoms with Gasteiger partial charge in [-0.05, 0) is 80.9 Å². The van der Waals surface area contributed by atoms with E-state index >= 15 is 0 Å². The van der Waals surface area contributed by atoms with Crippen molar-refractivity contribution in [2.45, 2.75) is 0 Å². The first-order chi connectivity index (χ1) is 26.3. The molecular formula is C50H28N2O. The number of furan rings is 1. The summed E-state index contributed by atoms with van der Waals surface area (Å²) >= 11 is 0. The minimum Gasteiger partial charge on any atom is -0.456 e. The van der Waals surface area contributed by atoms with Gasteiger partial charge in [0.25, 0.3) is 0 Å². The molecule has 13 rings (SSSR count). The Labute approximate surface area is 303 Å². The summed E-state index contributed by atoms with van der Waals surface area (Å²) in [6.07, 6.45) is 0. The van der Waals surface area contributed by atoms with Crippen molar-refractivity contribution in [3.8, 4) is 33.6 Å². The van der Waals surface area contributed by atoms with Crippen molar-refractivity contribution in [1.82, 2.24) is 9.13 Å². The van der Waals surface area contributed by atoms with Gasteiger partial charge in [-0.1, -0.05) is 127 Å². The third-order valence-electron chi connectivity index (χ3n) is 11.8. The average molecular weight is 673 g/mol. The molecule has 0 spiro atoms. The van der Waals surface area contributed by atoms with Crippen LogP contribution in [-0.2, 0) is 0 Å². The lowest BCUT2D eigenvalue weighted by Gasteiger charge is -2.16. The summed E-state index contributed by atoms with van der Waals surface area (Å²) in [6.45, 7) is 0. The molecule has 3 heteroatoms. The van der Waals surface area contributed by atoms with E-state index in [0.29, 0.717) is 0 Å². The van der Waals surface area contributed by atoms with Crippen LogP contribution in [0.1, 0.15) is 0 Å². The molecule has 1 aliphatic carbocycles. The molecule has 3 nitrogen and oxygen atoms in total. The van der Waals surface area contributed by atoms with E-state index in [1.165, 1.54) is 87.6 Å². The van der Waals surface area contributed by atoms with E-state index in [-0.39, 0.29) is 0 Å². The summed E-state index contributed by atoms with van der Waals surface area (Å²) in [6, 6.07) is 62.3. The van der Waals surface area contributed by atoms with Crippen molar-refractivity contribution in [2.24, 2.45) is 0 Å². The Morgan fingerprint density at radius 1 is 0.340 bits per heavy atom. The number of rotatable bonds is 2. The molecule has 0 aliphatic heterocycles. The Hall–Kier alpha value is -7.10. The fourth-order valence-corrected chi connectivity index (χ4v) is 9.66. The highest BCUT2D eigenvalue weighted by molar-refractivity contribution is 6.30. The predicted molar refractivity (Wildman–Crippen MR) is 222 cm³/mol. The number of benzene rings is 9. The van der Waals surface area contributed by atoms with Crippen LogP contribution in [0.2, 0.25) is 0 Å². The number of para-hydroxylation sites is 2. The van der Waals surface area contributed by atoms with E-state index in [1.54, 1.807) is 0 Å². The molecule has 0 radical (unpaired) electrons. The average Bonchev–Trinajstić information content (AvgIpc) is 3.95. The highest BCUT2D eigenvalue weighted by Gasteiger charge is 2.27. The summed E-state index contributed by atoms with van der Waals surface area (Å²) in [5.41, 5.74) is 14.1. The van der Waals surface area contributed by atoms with Crippen molar-refractivity contribution in [2.75, 3.05) is 0 Å². The molecule has 0 N–H and O–H groups in total. The largest absolute Gasteiger partial charge is 0.456 e. The molecule has 0 bridgehead atoms. The van der Waals surface area contributed by atoms with Gasteiger partial charge in [-0.3, -0.25) is 0 Å². The number of hydrogen-bond donors (Lipinski definition) is 0. The zero-order chi connectivity index (χ0) is 34.4. The number of fused-ring (bicyclic) bond motifs is 15. The zero-order valence-corrected chi connectivity index (χ0v) is 28.5. The summed E-state index contributed by atoms with van der Waals surface area (Å²) < 4.78 is 11.6. The molecule has 244 valence electrons. The maximum Gasteiger partial charge on any atom is 0.137 e. The normalized spacial score (nSPS) is 12.5. The van der Waals surface area contributed by atoms with Gasteiger partial charge in [-0.15, -0.1) is 0 Å². The lowest BCUT2D eigenvalue weighted by Crippen LogP contribution is -2.00. The van der Waals surface area contributed by atoms with Gasteiger partial charge in [0.1, 0.15) is 11.2 Å². The quantitative estimate of drug-likeness (QED) is 0.179. The Morgan fingerprint density at radius 3 is 1.87 bits per heavy atom. The predicted octanol–water partition coefficient (Wildman–Crippen LogP) is 13.7. The molecular weight excluding hydrogens is 645 g/mol. The molecule has 3 heterocycles. The minimum absolute atomic E-state index is 0.896. The molecule has 3 aromatic heterocycles. The molecule has 0 fully saturated rings. The van der Waals surface area contributed by atoms with Crippen LogP contribution >= 0.6 is 0 Å². The fraction of sp³-hybridized carbons (Fsp3) is 0. The molecule has 9 aromatic carbocycles. The van der Waals surface area contributed by atoms with Gasteiger partial charge >= 0.3 is 0 Å². The highest BCUT2D eigenvalue weighted by Crippen LogP contribution is 2.50. The van der Waals surface area contributed by atoms with Gasteiger partial charge in [0.15, 0.2) is 0 Å². The zero-order valence-electron chi connectivity index (χ0n) is 28.5. The molecule has 0 unspecified atom stereocenters. The lowest BCUT2D eigenvalue weighted by molar-refractivity contribution is 0.669. The standard InChI is InChI=1S/C50H28N2O/c1-2-11-30-28-31(21-20-29(30)10-1)51-48-38(25-27-45-47(48)41-15-6-8-19-44(41)53-45)39-23-22-37-34-14-5-7-18-42(34)52(50(37)49(39)51)43-26-24-36-33-13-4-3-12-32(33)35-16-9-17-40(43)46(35)36/h1-28H. The first kappa shape index (κ1) is 27.6. The maximum atomic E-state index is 6.53. The van der Waals surface area contributed by atoms with Gasteiger partial charge in [-0.25, -0.2) is 0 Å². The third kappa shape index (κ3) is 3.44. The van der Waals surface area contributed by atoms with Crippen LogP contribution in [0.25, 0.3) is 121 Å². The van der Waals surface area contributed by atoms with E-state index < -0.39 is 0 Å². The van der Waals surface area contributed by atoms with E-state index in [4.69, 9.17) is 4.42 Å². The highest BCUT2D eigenvalue weighted by atomic mass is 16.3. The van der Waals surface area contributed by atoms with Crippen LogP contribution in [0.3, 0.4) is 0 Å². The van der Waals surface area contributed by atoms with Crippen LogP contribution in [0.15, 0.2) is 174 Å². The van der Waals surface area contributed by atoms with Gasteiger partial charge in [0, 0.05) is 38.0 Å². The molecule has 12 aromatic rings. The third-order valence-corrected chi connectivity index (χ3v) is 11.8. The van der Waals surface area contributed by atoms with Crippen molar-refractivity contribution in [1.29, 1.82) is 0 Å². The molecule has 0 amide bonds. The van der Waals surface area contributed by atoms with Gasteiger partial charge in [0.05, 0.1) is 33.1 Å². The van der Waals surface area contributed by atoms with Crippen LogP contribution in [0.4, 0.5) is 0 Å². The lowest BCUT2D eigenvalue weighted by atomic mass is 10.0. The Kier molecular flexibility index (Phi) is 5.11. The summed E-state index contributed by atoms with van der Waals surface area (Å²) in [5, 5.41) is 12.2. The van der Waals surface area contributed by atoms with Gasteiger partial charge in [0.2, 0.25) is 0 Å². The van der Waals surface area contributed by atoms with Crippen molar-refractivity contribution < 1.29 is 4.42 Å². The first-order valence-corrected chi connectivity index (χ1v) is 18.3. The Morgan fingerprint density at radius 2 is 0.981 bits per heavy atom. The number of aromatic nitrogens is 2. The monoisotopic (exact) mass is 672 g/mol. The van der Waals surface area contributed by atoms with Crippen LogP contribution in [-0.4, -0.2) is 9.13 Å². The SMILES string of the molecule is c1ccc2c(c1)-c1cccc3c(-n4c5ccccc5c5ccc6c7ccc8oc9ccccc9c8c7n(-c7ccc8ccccc8c7)c6c54)ccc-2c13. The van der Waals surface area contributed by atoms with E-state index in [2.05, 4.69) is 179 Å². The smallest absolute Gasteiger partial charge is 0.137 e. The number of nitrogens with zero attached hydrogens (tertiary/aromatic N) is 2. The molecule has 0 atom stereocenters. The minimum atomic E-state index is 0.896. The first-order valence-electron chi connectivity index (χ1n) is 18.3. The van der Waals surface area contributed by atoms with E-state index in [0.717, 1.165) is 33.1 Å². The Bertz CT molecular complexity index is 3540. The summed E-state index contributed by atoms with van der Waals surface area (Å²) in [5.74, 6) is 0. The van der Waals surface area contributed by atoms with Crippen LogP contribution < -0.4 is 0 Å². The second kappa shape index (κ2) is 9.81. The van der Waals surface area contributed by atoms with E-state index in [9.17, 15) is 0 Å². The van der Waals surface area contributed by atoms with Crippen molar-refractivity contribution in [3.05, 3.63) is 170 Å².